The molecule has 2 saturated heterocycles. The van der Waals surface area contributed by atoms with Crippen LogP contribution in [-0.4, -0.2) is 42.3 Å². The van der Waals surface area contributed by atoms with E-state index in [9.17, 15) is 13.2 Å². The predicted molar refractivity (Wildman–Crippen MR) is 99.6 cm³/mol. The minimum atomic E-state index is -3.03. The second-order valence-electron chi connectivity index (χ2n) is 6.50. The van der Waals surface area contributed by atoms with Crippen molar-refractivity contribution in [3.05, 3.63) is 29.3 Å². The van der Waals surface area contributed by atoms with Gasteiger partial charge in [0.15, 0.2) is 15.0 Å². The number of thioether (sulfide) groups is 1. The Morgan fingerprint density at radius 1 is 1.33 bits per heavy atom. The van der Waals surface area contributed by atoms with Gasteiger partial charge in [-0.3, -0.25) is 4.79 Å². The van der Waals surface area contributed by atoms with E-state index in [-0.39, 0.29) is 28.7 Å². The van der Waals surface area contributed by atoms with Crippen molar-refractivity contribution in [3.8, 4) is 0 Å². The molecule has 0 N–H and O–H groups in total. The monoisotopic (exact) mass is 366 g/mol. The summed E-state index contributed by atoms with van der Waals surface area (Å²) < 4.78 is 24.1. The zero-order chi connectivity index (χ0) is 17.5. The summed E-state index contributed by atoms with van der Waals surface area (Å²) in [5.74, 6) is 0.141. The molecule has 1 aromatic rings. The number of amides is 1. The number of anilines is 1. The Morgan fingerprint density at radius 3 is 2.79 bits per heavy atom. The Bertz CT molecular complexity index is 802. The molecular formula is C17H22N2O3S2. The first-order valence-electron chi connectivity index (χ1n) is 8.16. The van der Waals surface area contributed by atoms with Crippen LogP contribution in [0.15, 0.2) is 23.2 Å². The molecule has 2 aliphatic rings. The average Bonchev–Trinajstić information content (AvgIpc) is 2.93. The van der Waals surface area contributed by atoms with Crippen LogP contribution in [0.4, 0.5) is 5.69 Å². The molecule has 0 aromatic heterocycles. The van der Waals surface area contributed by atoms with Gasteiger partial charge in [0.2, 0.25) is 5.91 Å². The Hall–Kier alpha value is -1.34. The summed E-state index contributed by atoms with van der Waals surface area (Å²) in [7, 11) is -3.03. The van der Waals surface area contributed by atoms with Gasteiger partial charge in [0.1, 0.15) is 0 Å². The molecule has 5 nitrogen and oxygen atoms in total. The third kappa shape index (κ3) is 3.37. The molecule has 24 heavy (non-hydrogen) atoms. The Balaban J connectivity index is 2.04. The van der Waals surface area contributed by atoms with Crippen LogP contribution in [0.3, 0.4) is 0 Å². The molecule has 1 amide bonds. The largest absolute Gasteiger partial charge is 0.315 e. The molecule has 0 aliphatic carbocycles. The van der Waals surface area contributed by atoms with E-state index in [1.165, 1.54) is 11.8 Å². The summed E-state index contributed by atoms with van der Waals surface area (Å²) in [6, 6.07) is 5.96. The second kappa shape index (κ2) is 6.52. The molecule has 2 atom stereocenters. The van der Waals surface area contributed by atoms with Crippen LogP contribution in [-0.2, 0) is 14.6 Å². The first-order valence-corrected chi connectivity index (χ1v) is 10.9. The van der Waals surface area contributed by atoms with Crippen molar-refractivity contribution >= 4 is 38.4 Å². The van der Waals surface area contributed by atoms with Gasteiger partial charge in [0, 0.05) is 17.4 Å². The number of aliphatic imine (C=N–C) groups is 1. The van der Waals surface area contributed by atoms with E-state index in [1.54, 1.807) is 0 Å². The molecule has 2 fully saturated rings. The highest BCUT2D eigenvalue weighted by Crippen LogP contribution is 2.42. The van der Waals surface area contributed by atoms with Gasteiger partial charge in [0.05, 0.1) is 17.5 Å². The van der Waals surface area contributed by atoms with Crippen LogP contribution < -0.4 is 4.90 Å². The van der Waals surface area contributed by atoms with Gasteiger partial charge in [-0.1, -0.05) is 30.8 Å². The molecular weight excluding hydrogens is 344 g/mol. The molecule has 130 valence electrons. The third-order valence-corrected chi connectivity index (χ3v) is 7.58. The molecule has 1 aromatic carbocycles. The summed E-state index contributed by atoms with van der Waals surface area (Å²) in [5.41, 5.74) is 3.11. The highest BCUT2D eigenvalue weighted by molar-refractivity contribution is 8.16. The van der Waals surface area contributed by atoms with E-state index in [2.05, 4.69) is 4.99 Å². The Labute approximate surface area is 147 Å². The van der Waals surface area contributed by atoms with Crippen LogP contribution in [0.5, 0.6) is 0 Å². The lowest BCUT2D eigenvalue weighted by atomic mass is 10.1. The average molecular weight is 367 g/mol. The number of amidine groups is 1. The molecule has 0 radical (unpaired) electrons. The minimum absolute atomic E-state index is 0.0527. The number of sulfone groups is 1. The topological polar surface area (TPSA) is 66.8 Å². The van der Waals surface area contributed by atoms with Gasteiger partial charge in [-0.05, 0) is 37.5 Å². The molecule has 0 unspecified atom stereocenters. The maximum atomic E-state index is 12.1. The van der Waals surface area contributed by atoms with Gasteiger partial charge in [-0.25, -0.2) is 8.42 Å². The van der Waals surface area contributed by atoms with Crippen molar-refractivity contribution < 1.29 is 13.2 Å². The Morgan fingerprint density at radius 2 is 2.08 bits per heavy atom. The maximum Gasteiger partial charge on any atom is 0.248 e. The van der Waals surface area contributed by atoms with E-state index in [1.807, 2.05) is 43.9 Å². The highest BCUT2D eigenvalue weighted by atomic mass is 32.2. The summed E-state index contributed by atoms with van der Waals surface area (Å²) in [5, 5.41) is 0.593. The summed E-state index contributed by atoms with van der Waals surface area (Å²) >= 11 is 1.43. The van der Waals surface area contributed by atoms with Crippen molar-refractivity contribution in [1.82, 2.24) is 0 Å². The fourth-order valence-corrected chi connectivity index (χ4v) is 7.13. The van der Waals surface area contributed by atoms with Gasteiger partial charge >= 0.3 is 0 Å². The summed E-state index contributed by atoms with van der Waals surface area (Å²) in [6.07, 6.45) is 1.17. The van der Waals surface area contributed by atoms with Crippen molar-refractivity contribution in [3.63, 3.8) is 0 Å². The number of hydrogen-bond donors (Lipinski definition) is 0. The van der Waals surface area contributed by atoms with E-state index in [0.717, 1.165) is 23.2 Å². The summed E-state index contributed by atoms with van der Waals surface area (Å²) in [6.45, 7) is 5.96. The lowest BCUT2D eigenvalue weighted by Crippen LogP contribution is -2.38. The quantitative estimate of drug-likeness (QED) is 0.823. The SMILES string of the molecule is CCCC(=O)N=C1S[C@@H]2CS(=O)(=O)C[C@@H]2N1c1cc(C)ccc1C. The number of hydrogen-bond acceptors (Lipinski definition) is 4. The fourth-order valence-electron chi connectivity index (χ4n) is 3.20. The number of fused-ring (bicyclic) bond motifs is 1. The molecule has 3 rings (SSSR count). The van der Waals surface area contributed by atoms with E-state index < -0.39 is 9.84 Å². The zero-order valence-corrected chi connectivity index (χ0v) is 15.8. The number of rotatable bonds is 3. The molecule has 7 heteroatoms. The van der Waals surface area contributed by atoms with Crippen molar-refractivity contribution in [2.24, 2.45) is 4.99 Å². The third-order valence-electron chi connectivity index (χ3n) is 4.37. The predicted octanol–water partition coefficient (Wildman–Crippen LogP) is 2.70. The summed E-state index contributed by atoms with van der Waals surface area (Å²) in [4.78, 5) is 18.3. The fraction of sp³-hybridized carbons (Fsp3) is 0.529. The van der Waals surface area contributed by atoms with Crippen LogP contribution in [0.2, 0.25) is 0 Å². The standard InChI is InChI=1S/C17H22N2O3S2/c1-4-5-16(20)18-17-19(13-8-11(2)6-7-12(13)3)14-9-24(21,22)10-15(14)23-17/h6-8,14-15H,4-5,9-10H2,1-3H3/t14-,15+/m0/s1. The normalized spacial score (nSPS) is 26.8. The maximum absolute atomic E-state index is 12.1. The molecule has 0 saturated carbocycles. The number of carbonyl (C=O) groups is 1. The van der Waals surface area contributed by atoms with E-state index in [0.29, 0.717) is 11.6 Å². The zero-order valence-electron chi connectivity index (χ0n) is 14.2. The van der Waals surface area contributed by atoms with Gasteiger partial charge in [0.25, 0.3) is 0 Å². The molecule has 0 spiro atoms. The first kappa shape index (κ1) is 17.5. The van der Waals surface area contributed by atoms with Crippen LogP contribution in [0, 0.1) is 13.8 Å². The van der Waals surface area contributed by atoms with Crippen LogP contribution in [0.1, 0.15) is 30.9 Å². The lowest BCUT2D eigenvalue weighted by Gasteiger charge is -2.26. The number of aryl methyl sites for hydroxylation is 2. The number of benzene rings is 1. The van der Waals surface area contributed by atoms with Crippen LogP contribution in [0.25, 0.3) is 0 Å². The molecule has 2 aliphatic heterocycles. The number of nitrogens with zero attached hydrogens (tertiary/aromatic N) is 2. The lowest BCUT2D eigenvalue weighted by molar-refractivity contribution is -0.117. The minimum Gasteiger partial charge on any atom is -0.315 e. The molecule has 2 heterocycles. The van der Waals surface area contributed by atoms with Crippen molar-refractivity contribution in [1.29, 1.82) is 0 Å². The first-order chi connectivity index (χ1) is 11.3. The van der Waals surface area contributed by atoms with Crippen molar-refractivity contribution in [2.75, 3.05) is 16.4 Å². The Kier molecular flexibility index (Phi) is 4.75. The van der Waals surface area contributed by atoms with Gasteiger partial charge < -0.3 is 4.90 Å². The highest BCUT2D eigenvalue weighted by Gasteiger charge is 2.49. The van der Waals surface area contributed by atoms with E-state index in [4.69, 9.17) is 0 Å². The number of carbonyl (C=O) groups excluding carboxylic acids is 1. The van der Waals surface area contributed by atoms with Crippen LogP contribution >= 0.6 is 11.8 Å². The van der Waals surface area contributed by atoms with Gasteiger partial charge in [-0.15, -0.1) is 0 Å². The van der Waals surface area contributed by atoms with Crippen molar-refractivity contribution in [2.45, 2.75) is 44.9 Å². The second-order valence-corrected chi connectivity index (χ2v) is 9.86. The molecule has 0 bridgehead atoms. The van der Waals surface area contributed by atoms with E-state index >= 15 is 0 Å². The van der Waals surface area contributed by atoms with Gasteiger partial charge in [-0.2, -0.15) is 4.99 Å². The smallest absolute Gasteiger partial charge is 0.248 e.